The first-order valence-electron chi connectivity index (χ1n) is 9.61. The summed E-state index contributed by atoms with van der Waals surface area (Å²) in [6.45, 7) is 3.96. The molecule has 0 saturated carbocycles. The average molecular weight is 424 g/mol. The van der Waals surface area contributed by atoms with E-state index in [4.69, 9.17) is 9.47 Å². The minimum absolute atomic E-state index is 0.0833. The van der Waals surface area contributed by atoms with E-state index in [1.165, 1.54) is 6.07 Å². The monoisotopic (exact) mass is 424 g/mol. The summed E-state index contributed by atoms with van der Waals surface area (Å²) in [5.74, 6) is -1.56. The molecule has 2 aromatic carbocycles. The number of halogens is 1. The topological polar surface area (TPSA) is 102 Å². The number of carbonyl (C=O) groups excluding carboxylic acids is 2. The zero-order valence-electron chi connectivity index (χ0n) is 17.0. The first kappa shape index (κ1) is 21.7. The molecule has 0 radical (unpaired) electrons. The van der Waals surface area contributed by atoms with Crippen molar-refractivity contribution >= 4 is 35.1 Å². The van der Waals surface area contributed by atoms with E-state index in [2.05, 4.69) is 20.6 Å². The van der Waals surface area contributed by atoms with Crippen molar-refractivity contribution in [3.63, 3.8) is 0 Å². The van der Waals surface area contributed by atoms with Crippen molar-refractivity contribution in [2.24, 2.45) is 0 Å². The highest BCUT2D eigenvalue weighted by molar-refractivity contribution is 5.91. The van der Waals surface area contributed by atoms with Gasteiger partial charge in [0.05, 0.1) is 30.5 Å². The van der Waals surface area contributed by atoms with Gasteiger partial charge >= 0.3 is 11.9 Å². The molecule has 0 atom stereocenters. The van der Waals surface area contributed by atoms with E-state index in [-0.39, 0.29) is 25.0 Å². The first-order chi connectivity index (χ1) is 15.0. The highest BCUT2D eigenvalue weighted by Gasteiger charge is 2.12. The van der Waals surface area contributed by atoms with Crippen LogP contribution in [0.25, 0.3) is 0 Å². The lowest BCUT2D eigenvalue weighted by atomic mass is 10.2. The number of carbonyl (C=O) groups is 2. The van der Waals surface area contributed by atoms with Crippen molar-refractivity contribution in [2.45, 2.75) is 13.8 Å². The van der Waals surface area contributed by atoms with Crippen LogP contribution in [0.3, 0.4) is 0 Å². The van der Waals surface area contributed by atoms with E-state index in [9.17, 15) is 14.0 Å². The van der Waals surface area contributed by atoms with Crippen molar-refractivity contribution in [3.05, 3.63) is 71.7 Å². The molecule has 1 heterocycles. The maximum absolute atomic E-state index is 14.3. The van der Waals surface area contributed by atoms with Crippen LogP contribution in [0, 0.1) is 5.82 Å². The minimum atomic E-state index is -0.674. The molecule has 0 spiro atoms. The first-order valence-corrected chi connectivity index (χ1v) is 9.61. The van der Waals surface area contributed by atoms with Gasteiger partial charge in [-0.3, -0.25) is 0 Å². The number of nitrogens with one attached hydrogen (secondary N) is 2. The summed E-state index contributed by atoms with van der Waals surface area (Å²) in [4.78, 5) is 31.9. The van der Waals surface area contributed by atoms with Crippen LogP contribution in [-0.2, 0) is 9.47 Å². The number of ether oxygens (including phenoxy) is 2. The van der Waals surface area contributed by atoms with E-state index in [1.54, 1.807) is 56.3 Å². The molecule has 31 heavy (non-hydrogen) atoms. The minimum Gasteiger partial charge on any atom is -0.462 e. The van der Waals surface area contributed by atoms with Gasteiger partial charge in [0, 0.05) is 11.4 Å². The van der Waals surface area contributed by atoms with Crippen LogP contribution < -0.4 is 10.6 Å². The van der Waals surface area contributed by atoms with Crippen molar-refractivity contribution in [3.8, 4) is 0 Å². The van der Waals surface area contributed by atoms with Gasteiger partial charge in [-0.15, -0.1) is 0 Å². The maximum Gasteiger partial charge on any atom is 0.338 e. The van der Waals surface area contributed by atoms with Gasteiger partial charge in [0.15, 0.2) is 11.6 Å². The fourth-order valence-electron chi connectivity index (χ4n) is 2.66. The Morgan fingerprint density at radius 2 is 1.45 bits per heavy atom. The standard InChI is InChI=1S/C22H21FN4O4/c1-3-30-20(28)14-7-5-9-16(11-14)25-19-18(23)13-24-22(27-19)26-17-10-6-8-15(12-17)21(29)31-4-2/h5-13H,3-4H2,1-2H3,(H2,24,25,26,27). The Morgan fingerprint density at radius 3 is 2.00 bits per heavy atom. The summed E-state index contributed by atoms with van der Waals surface area (Å²) in [6.07, 6.45) is 1.02. The smallest absolute Gasteiger partial charge is 0.338 e. The number of benzene rings is 2. The summed E-state index contributed by atoms with van der Waals surface area (Å²) in [5.41, 5.74) is 1.68. The van der Waals surface area contributed by atoms with Gasteiger partial charge in [-0.25, -0.2) is 19.0 Å². The number of esters is 2. The van der Waals surface area contributed by atoms with E-state index >= 15 is 0 Å². The van der Waals surface area contributed by atoms with Gasteiger partial charge in [-0.2, -0.15) is 4.98 Å². The summed E-state index contributed by atoms with van der Waals surface area (Å²) >= 11 is 0. The van der Waals surface area contributed by atoms with E-state index in [0.29, 0.717) is 22.5 Å². The van der Waals surface area contributed by atoms with Gasteiger partial charge in [0.2, 0.25) is 5.95 Å². The van der Waals surface area contributed by atoms with Crippen LogP contribution in [0.5, 0.6) is 0 Å². The van der Waals surface area contributed by atoms with Gasteiger partial charge in [0.1, 0.15) is 0 Å². The number of nitrogens with zero attached hydrogens (tertiary/aromatic N) is 2. The van der Waals surface area contributed by atoms with Gasteiger partial charge in [-0.05, 0) is 50.2 Å². The SMILES string of the molecule is CCOC(=O)c1cccc(Nc2ncc(F)c(Nc3cccc(C(=O)OCC)c3)n2)c1. The molecule has 3 aromatic rings. The number of anilines is 4. The lowest BCUT2D eigenvalue weighted by Crippen LogP contribution is -2.07. The average Bonchev–Trinajstić information content (AvgIpc) is 2.77. The normalized spacial score (nSPS) is 10.3. The van der Waals surface area contributed by atoms with Crippen molar-refractivity contribution in [2.75, 3.05) is 23.8 Å². The zero-order chi connectivity index (χ0) is 22.2. The second kappa shape index (κ2) is 10.1. The second-order valence-electron chi connectivity index (χ2n) is 6.24. The molecule has 0 bridgehead atoms. The zero-order valence-corrected chi connectivity index (χ0v) is 17.0. The third kappa shape index (κ3) is 5.75. The lowest BCUT2D eigenvalue weighted by Gasteiger charge is -2.11. The fourth-order valence-corrected chi connectivity index (χ4v) is 2.66. The molecule has 0 aliphatic rings. The predicted molar refractivity (Wildman–Crippen MR) is 113 cm³/mol. The third-order valence-corrected chi connectivity index (χ3v) is 4.01. The van der Waals surface area contributed by atoms with Crippen LogP contribution in [0.4, 0.5) is 27.5 Å². The molecule has 160 valence electrons. The molecule has 0 fully saturated rings. The van der Waals surface area contributed by atoms with Gasteiger partial charge in [0.25, 0.3) is 0 Å². The van der Waals surface area contributed by atoms with Crippen LogP contribution in [0.1, 0.15) is 34.6 Å². The van der Waals surface area contributed by atoms with E-state index in [0.717, 1.165) is 6.20 Å². The number of hydrogen-bond acceptors (Lipinski definition) is 8. The Kier molecular flexibility index (Phi) is 7.10. The molecule has 9 heteroatoms. The highest BCUT2D eigenvalue weighted by Crippen LogP contribution is 2.22. The number of aromatic nitrogens is 2. The third-order valence-electron chi connectivity index (χ3n) is 4.01. The second-order valence-corrected chi connectivity index (χ2v) is 6.24. The highest BCUT2D eigenvalue weighted by atomic mass is 19.1. The molecule has 0 unspecified atom stereocenters. The lowest BCUT2D eigenvalue weighted by molar-refractivity contribution is 0.0517. The summed E-state index contributed by atoms with van der Waals surface area (Å²) in [6, 6.07) is 13.1. The molecular formula is C22H21FN4O4. The molecule has 0 aliphatic heterocycles. The summed E-state index contributed by atoms with van der Waals surface area (Å²) in [5, 5.41) is 5.76. The molecule has 0 aliphatic carbocycles. The predicted octanol–water partition coefficient (Wildman–Crippen LogP) is 4.46. The summed E-state index contributed by atoms with van der Waals surface area (Å²) < 4.78 is 24.2. The molecular weight excluding hydrogens is 403 g/mol. The van der Waals surface area contributed by atoms with Crippen LogP contribution in [-0.4, -0.2) is 35.1 Å². The van der Waals surface area contributed by atoms with Crippen LogP contribution in [0.15, 0.2) is 54.7 Å². The summed E-state index contributed by atoms with van der Waals surface area (Å²) in [7, 11) is 0. The number of rotatable bonds is 8. The molecule has 0 saturated heterocycles. The Morgan fingerprint density at radius 1 is 0.903 bits per heavy atom. The van der Waals surface area contributed by atoms with Crippen LogP contribution in [0.2, 0.25) is 0 Å². The Labute approximate surface area is 178 Å². The van der Waals surface area contributed by atoms with Crippen LogP contribution >= 0.6 is 0 Å². The van der Waals surface area contributed by atoms with E-state index in [1.807, 2.05) is 0 Å². The van der Waals surface area contributed by atoms with Crippen molar-refractivity contribution < 1.29 is 23.5 Å². The van der Waals surface area contributed by atoms with Crippen molar-refractivity contribution in [1.82, 2.24) is 9.97 Å². The largest absolute Gasteiger partial charge is 0.462 e. The van der Waals surface area contributed by atoms with Crippen molar-refractivity contribution in [1.29, 1.82) is 0 Å². The Balaban J connectivity index is 1.79. The molecule has 1 aromatic heterocycles. The maximum atomic E-state index is 14.3. The van der Waals surface area contributed by atoms with Gasteiger partial charge in [-0.1, -0.05) is 12.1 Å². The molecule has 8 nitrogen and oxygen atoms in total. The van der Waals surface area contributed by atoms with E-state index < -0.39 is 17.8 Å². The molecule has 0 amide bonds. The molecule has 3 rings (SSSR count). The van der Waals surface area contributed by atoms with Gasteiger partial charge < -0.3 is 20.1 Å². The Bertz CT molecular complexity index is 1090. The quantitative estimate of drug-likeness (QED) is 0.511. The molecule has 2 N–H and O–H groups in total. The Hall–Kier alpha value is -4.01. The fraction of sp³-hybridized carbons (Fsp3) is 0.182. The number of hydrogen-bond donors (Lipinski definition) is 2.